The van der Waals surface area contributed by atoms with Gasteiger partial charge in [-0.05, 0) is 25.8 Å². The van der Waals surface area contributed by atoms with E-state index in [2.05, 4.69) is 28.4 Å². The molecule has 1 atom stereocenters. The van der Waals surface area contributed by atoms with E-state index in [1.165, 1.54) is 6.08 Å². The van der Waals surface area contributed by atoms with E-state index >= 15 is 0 Å². The SMILES string of the molecule is C=C(C)C(=O)Nc1nc2cc(C(O)N3CCC3)cnc2n1CCCOC.C=CCF.CC. The number of carbonyl (C=O) groups is 1. The highest BCUT2D eigenvalue weighted by Crippen LogP contribution is 2.26. The molecule has 0 bridgehead atoms. The Morgan fingerprint density at radius 2 is 2.09 bits per heavy atom. The first kappa shape index (κ1) is 27.4. The minimum absolute atomic E-state index is 0.283. The van der Waals surface area contributed by atoms with Crippen LogP contribution in [0.3, 0.4) is 0 Å². The van der Waals surface area contributed by atoms with Crippen LogP contribution >= 0.6 is 0 Å². The van der Waals surface area contributed by atoms with E-state index in [-0.39, 0.29) is 5.91 Å². The zero-order valence-corrected chi connectivity index (χ0v) is 19.6. The molecular formula is C23H36FN5O3. The molecule has 0 aromatic carbocycles. The van der Waals surface area contributed by atoms with Gasteiger partial charge in [0.05, 0.1) is 0 Å². The summed E-state index contributed by atoms with van der Waals surface area (Å²) in [6, 6.07) is 1.83. The molecule has 3 heterocycles. The van der Waals surface area contributed by atoms with Crippen LogP contribution in [0, 0.1) is 0 Å². The van der Waals surface area contributed by atoms with Crippen molar-refractivity contribution in [3.63, 3.8) is 0 Å². The van der Waals surface area contributed by atoms with Gasteiger partial charge in [0.1, 0.15) is 18.4 Å². The lowest BCUT2D eigenvalue weighted by atomic mass is 10.1. The number of rotatable bonds is 9. The number of allylic oxidation sites excluding steroid dienone is 1. The number of anilines is 1. The topological polar surface area (TPSA) is 92.5 Å². The molecular weight excluding hydrogens is 413 g/mol. The monoisotopic (exact) mass is 449 g/mol. The number of fused-ring (bicyclic) bond motifs is 1. The first-order valence-corrected chi connectivity index (χ1v) is 10.8. The number of hydrogen-bond donors (Lipinski definition) is 2. The lowest BCUT2D eigenvalue weighted by Gasteiger charge is -2.35. The highest BCUT2D eigenvalue weighted by molar-refractivity contribution is 6.02. The van der Waals surface area contributed by atoms with E-state index in [1.807, 2.05) is 29.4 Å². The van der Waals surface area contributed by atoms with Gasteiger partial charge in [0.15, 0.2) is 5.65 Å². The molecule has 9 heteroatoms. The summed E-state index contributed by atoms with van der Waals surface area (Å²) < 4.78 is 17.6. The summed E-state index contributed by atoms with van der Waals surface area (Å²) in [6.07, 6.45) is 4.06. The maximum Gasteiger partial charge on any atom is 0.253 e. The highest BCUT2D eigenvalue weighted by atomic mass is 19.1. The van der Waals surface area contributed by atoms with E-state index in [9.17, 15) is 14.3 Å². The molecule has 2 aromatic heterocycles. The molecule has 32 heavy (non-hydrogen) atoms. The Labute approximate surface area is 189 Å². The van der Waals surface area contributed by atoms with Crippen molar-refractivity contribution in [3.8, 4) is 0 Å². The molecule has 2 N–H and O–H groups in total. The third kappa shape index (κ3) is 7.51. The number of halogens is 1. The van der Waals surface area contributed by atoms with Gasteiger partial charge in [0, 0.05) is 50.7 Å². The fourth-order valence-electron chi connectivity index (χ4n) is 2.85. The van der Waals surface area contributed by atoms with Crippen LogP contribution < -0.4 is 5.32 Å². The molecule has 0 saturated carbocycles. The van der Waals surface area contributed by atoms with Gasteiger partial charge >= 0.3 is 0 Å². The largest absolute Gasteiger partial charge is 0.385 e. The average molecular weight is 450 g/mol. The summed E-state index contributed by atoms with van der Waals surface area (Å²) in [5.74, 6) is 0.140. The van der Waals surface area contributed by atoms with E-state index in [0.29, 0.717) is 41.4 Å². The number of aryl methyl sites for hydroxylation is 1. The quantitative estimate of drug-likeness (QED) is 0.343. The number of likely N-dealkylation sites (tertiary alicyclic amines) is 1. The van der Waals surface area contributed by atoms with Crippen LogP contribution in [0.5, 0.6) is 0 Å². The Bertz CT molecular complexity index is 880. The minimum atomic E-state index is -0.673. The minimum Gasteiger partial charge on any atom is -0.385 e. The number of nitrogens with one attached hydrogen (secondary N) is 1. The third-order valence-electron chi connectivity index (χ3n) is 4.59. The second kappa shape index (κ2) is 14.4. The third-order valence-corrected chi connectivity index (χ3v) is 4.59. The summed E-state index contributed by atoms with van der Waals surface area (Å²) in [7, 11) is 1.65. The number of carbonyl (C=O) groups excluding carboxylic acids is 1. The number of imidazole rings is 1. The summed E-state index contributed by atoms with van der Waals surface area (Å²) in [5.41, 5.74) is 2.41. The van der Waals surface area contributed by atoms with Crippen molar-refractivity contribution in [1.82, 2.24) is 19.4 Å². The van der Waals surface area contributed by atoms with Crippen LogP contribution in [0.25, 0.3) is 11.2 Å². The normalized spacial score (nSPS) is 13.7. The van der Waals surface area contributed by atoms with Crippen molar-refractivity contribution >= 4 is 23.0 Å². The number of pyridine rings is 1. The summed E-state index contributed by atoms with van der Waals surface area (Å²) in [6.45, 7) is 15.0. The zero-order chi connectivity index (χ0) is 24.1. The molecule has 8 nitrogen and oxygen atoms in total. The molecule has 178 valence electrons. The van der Waals surface area contributed by atoms with E-state index in [4.69, 9.17) is 4.74 Å². The first-order valence-electron chi connectivity index (χ1n) is 10.8. The molecule has 1 saturated heterocycles. The van der Waals surface area contributed by atoms with Gasteiger partial charge in [-0.3, -0.25) is 19.6 Å². The number of ether oxygens (including phenoxy) is 1. The van der Waals surface area contributed by atoms with Crippen LogP contribution in [0.1, 0.15) is 45.4 Å². The Kier molecular flexibility index (Phi) is 12.4. The van der Waals surface area contributed by atoms with Gasteiger partial charge in [0.2, 0.25) is 5.95 Å². The standard InChI is InChI=1S/C18H25N5O3.C3H5F.C2H6/c1-12(2)16(24)21-18-20-14-10-13(17(25)22-6-4-7-22)11-19-15(14)23(18)8-5-9-26-3;1-2-3-4;1-2/h10-11,17,25H,1,4-9H2,2-3H3,(H,20,21,24);2H,1,3H2;1-2H3. The number of aromatic nitrogens is 3. The smallest absolute Gasteiger partial charge is 0.253 e. The predicted molar refractivity (Wildman–Crippen MR) is 126 cm³/mol. The van der Waals surface area contributed by atoms with Crippen molar-refractivity contribution in [3.05, 3.63) is 42.6 Å². The first-order chi connectivity index (χ1) is 15.4. The van der Waals surface area contributed by atoms with Gasteiger partial charge in [0.25, 0.3) is 5.91 Å². The molecule has 3 rings (SSSR count). The van der Waals surface area contributed by atoms with Crippen LogP contribution in [0.2, 0.25) is 0 Å². The molecule has 1 amide bonds. The number of aliphatic hydroxyl groups is 1. The Balaban J connectivity index is 0.000000769. The van der Waals surface area contributed by atoms with Gasteiger partial charge < -0.3 is 9.84 Å². The summed E-state index contributed by atoms with van der Waals surface area (Å²) >= 11 is 0. The molecule has 1 aliphatic rings. The van der Waals surface area contributed by atoms with Crippen molar-refractivity contribution in [1.29, 1.82) is 0 Å². The maximum absolute atomic E-state index is 12.0. The van der Waals surface area contributed by atoms with E-state index in [0.717, 1.165) is 25.9 Å². The average Bonchev–Trinajstić information content (AvgIpc) is 3.10. The van der Waals surface area contributed by atoms with E-state index < -0.39 is 12.9 Å². The van der Waals surface area contributed by atoms with Crippen molar-refractivity contribution in [2.75, 3.05) is 38.8 Å². The number of alkyl halides is 1. The van der Waals surface area contributed by atoms with Gasteiger partial charge in [-0.1, -0.05) is 26.5 Å². The second-order valence-electron chi connectivity index (χ2n) is 6.99. The van der Waals surface area contributed by atoms with Crippen molar-refractivity contribution < 1.29 is 19.0 Å². The lowest BCUT2D eigenvalue weighted by Crippen LogP contribution is -2.40. The second-order valence-corrected chi connectivity index (χ2v) is 6.99. The molecule has 0 aliphatic carbocycles. The lowest BCUT2D eigenvalue weighted by molar-refractivity contribution is -0.112. The number of amides is 1. The number of nitrogens with zero attached hydrogens (tertiary/aromatic N) is 4. The van der Waals surface area contributed by atoms with Crippen LogP contribution in [-0.2, 0) is 16.1 Å². The molecule has 2 aromatic rings. The number of aliphatic hydroxyl groups excluding tert-OH is 1. The molecule has 1 aliphatic heterocycles. The van der Waals surface area contributed by atoms with Crippen LogP contribution in [0.4, 0.5) is 10.3 Å². The Morgan fingerprint density at radius 1 is 1.44 bits per heavy atom. The van der Waals surface area contributed by atoms with Crippen molar-refractivity contribution in [2.24, 2.45) is 0 Å². The fraction of sp³-hybridized carbons (Fsp3) is 0.522. The molecule has 1 fully saturated rings. The van der Waals surface area contributed by atoms with Gasteiger partial charge in [-0.2, -0.15) is 0 Å². The van der Waals surface area contributed by atoms with Crippen molar-refractivity contribution in [2.45, 2.75) is 46.4 Å². The highest BCUT2D eigenvalue weighted by Gasteiger charge is 2.24. The van der Waals surface area contributed by atoms with Gasteiger partial charge in [-0.25, -0.2) is 14.4 Å². The molecule has 0 spiro atoms. The maximum atomic E-state index is 12.0. The van der Waals surface area contributed by atoms with Gasteiger partial charge in [-0.15, -0.1) is 6.58 Å². The molecule has 1 unspecified atom stereocenters. The number of methoxy groups -OCH3 is 1. The van der Waals surface area contributed by atoms with Crippen LogP contribution in [-0.4, -0.2) is 63.9 Å². The van der Waals surface area contributed by atoms with Crippen LogP contribution in [0.15, 0.2) is 37.1 Å². The predicted octanol–water partition coefficient (Wildman–Crippen LogP) is 3.85. The zero-order valence-electron chi connectivity index (χ0n) is 19.6. The fourth-order valence-corrected chi connectivity index (χ4v) is 2.85. The van der Waals surface area contributed by atoms with E-state index in [1.54, 1.807) is 20.2 Å². The summed E-state index contributed by atoms with van der Waals surface area (Å²) in [4.78, 5) is 23.0. The Morgan fingerprint density at radius 3 is 2.59 bits per heavy atom. The summed E-state index contributed by atoms with van der Waals surface area (Å²) in [5, 5.41) is 13.2. The molecule has 0 radical (unpaired) electrons. The number of hydrogen-bond acceptors (Lipinski definition) is 6. The Hall–Kier alpha value is -2.62.